The Kier molecular flexibility index (Phi) is 9.30. The fourth-order valence-electron chi connectivity index (χ4n) is 2.91. The largest absolute Gasteiger partial charge is 0.490 e. The summed E-state index contributed by atoms with van der Waals surface area (Å²) < 4.78 is 61.9. The fraction of sp³-hybridized carbons (Fsp3) is 0.364. The Bertz CT molecular complexity index is 1070. The van der Waals surface area contributed by atoms with Crippen molar-refractivity contribution < 1.29 is 36.3 Å². The van der Waals surface area contributed by atoms with Crippen LogP contribution in [0.2, 0.25) is 0 Å². The molecule has 1 N–H and O–H groups in total. The van der Waals surface area contributed by atoms with Gasteiger partial charge in [0.25, 0.3) is 0 Å². The molecule has 0 saturated carbocycles. The summed E-state index contributed by atoms with van der Waals surface area (Å²) in [4.78, 5) is 25.1. The molecule has 0 aliphatic rings. The van der Waals surface area contributed by atoms with Crippen molar-refractivity contribution in [3.05, 3.63) is 53.6 Å². The summed E-state index contributed by atoms with van der Waals surface area (Å²) in [6, 6.07) is 9.88. The SMILES string of the molecule is CCOc1cc(CN(C)C(=O)CCNS(=O)(=O)c2ccc(C(C)=O)cc2)ccc1OC(F)F. The highest BCUT2D eigenvalue weighted by Crippen LogP contribution is 2.30. The standard InChI is InChI=1S/C22H26F2N2O6S/c1-4-31-20-13-16(5-10-19(20)32-22(23)24)14-26(3)21(28)11-12-25-33(29,30)18-8-6-17(7-9-18)15(2)27/h5-10,13,22,25H,4,11-12,14H2,1-3H3. The number of rotatable bonds is 12. The van der Waals surface area contributed by atoms with Crippen molar-refractivity contribution in [1.82, 2.24) is 9.62 Å². The third-order valence-corrected chi connectivity index (χ3v) is 6.05. The maximum Gasteiger partial charge on any atom is 0.387 e. The Morgan fingerprint density at radius 2 is 1.76 bits per heavy atom. The zero-order valence-corrected chi connectivity index (χ0v) is 19.3. The molecular formula is C22H26F2N2O6S. The summed E-state index contributed by atoms with van der Waals surface area (Å²) in [6.45, 7) is 0.379. The van der Waals surface area contributed by atoms with Gasteiger partial charge in [0.15, 0.2) is 17.3 Å². The maximum atomic E-state index is 12.5. The van der Waals surface area contributed by atoms with Gasteiger partial charge in [-0.05, 0) is 43.7 Å². The lowest BCUT2D eigenvalue weighted by Crippen LogP contribution is -2.32. The van der Waals surface area contributed by atoms with Crippen LogP contribution in [0.1, 0.15) is 36.2 Å². The Morgan fingerprint density at radius 3 is 2.33 bits per heavy atom. The second kappa shape index (κ2) is 11.7. The van der Waals surface area contributed by atoms with E-state index >= 15 is 0 Å². The molecule has 0 bridgehead atoms. The highest BCUT2D eigenvalue weighted by Gasteiger charge is 2.17. The van der Waals surface area contributed by atoms with Gasteiger partial charge in [-0.25, -0.2) is 13.1 Å². The lowest BCUT2D eigenvalue weighted by Gasteiger charge is -2.19. The lowest BCUT2D eigenvalue weighted by atomic mass is 10.2. The number of halogens is 2. The molecule has 0 heterocycles. The van der Waals surface area contributed by atoms with E-state index in [2.05, 4.69) is 9.46 Å². The lowest BCUT2D eigenvalue weighted by molar-refractivity contribution is -0.130. The average molecular weight is 485 g/mol. The molecule has 2 aromatic rings. The van der Waals surface area contributed by atoms with Gasteiger partial charge < -0.3 is 14.4 Å². The van der Waals surface area contributed by atoms with Crippen LogP contribution in [-0.2, 0) is 21.4 Å². The van der Waals surface area contributed by atoms with E-state index < -0.39 is 16.6 Å². The van der Waals surface area contributed by atoms with Crippen LogP contribution in [0.25, 0.3) is 0 Å². The number of carbonyl (C=O) groups is 2. The van der Waals surface area contributed by atoms with E-state index in [-0.39, 0.29) is 54.2 Å². The Labute approximate surface area is 191 Å². The average Bonchev–Trinajstić information content (AvgIpc) is 2.75. The first-order chi connectivity index (χ1) is 15.5. The number of carbonyl (C=O) groups excluding carboxylic acids is 2. The predicted octanol–water partition coefficient (Wildman–Crippen LogP) is 3.22. The van der Waals surface area contributed by atoms with Crippen LogP contribution >= 0.6 is 0 Å². The molecule has 180 valence electrons. The van der Waals surface area contributed by atoms with Crippen LogP contribution in [0.5, 0.6) is 11.5 Å². The van der Waals surface area contributed by atoms with Gasteiger partial charge in [0.05, 0.1) is 11.5 Å². The number of ether oxygens (including phenoxy) is 2. The van der Waals surface area contributed by atoms with Crippen molar-refractivity contribution in [2.75, 3.05) is 20.2 Å². The highest BCUT2D eigenvalue weighted by molar-refractivity contribution is 7.89. The monoisotopic (exact) mass is 484 g/mol. The number of hydrogen-bond donors (Lipinski definition) is 1. The van der Waals surface area contributed by atoms with E-state index in [9.17, 15) is 26.8 Å². The number of amides is 1. The Hall–Kier alpha value is -3.05. The van der Waals surface area contributed by atoms with Crippen molar-refractivity contribution in [1.29, 1.82) is 0 Å². The van der Waals surface area contributed by atoms with Crippen LogP contribution in [0.15, 0.2) is 47.4 Å². The van der Waals surface area contributed by atoms with Gasteiger partial charge in [0.2, 0.25) is 15.9 Å². The molecule has 0 fully saturated rings. The minimum atomic E-state index is -3.83. The minimum absolute atomic E-state index is 0.0112. The highest BCUT2D eigenvalue weighted by atomic mass is 32.2. The molecule has 0 atom stereocenters. The van der Waals surface area contributed by atoms with Gasteiger partial charge in [0.1, 0.15) is 0 Å². The molecule has 8 nitrogen and oxygen atoms in total. The number of hydrogen-bond acceptors (Lipinski definition) is 6. The summed E-state index contributed by atoms with van der Waals surface area (Å²) in [5.41, 5.74) is 1.02. The molecule has 0 aromatic heterocycles. The van der Waals surface area contributed by atoms with Crippen molar-refractivity contribution in [3.8, 4) is 11.5 Å². The number of ketones is 1. The first kappa shape index (κ1) is 26.2. The normalized spacial score (nSPS) is 11.3. The summed E-state index contributed by atoms with van der Waals surface area (Å²) in [7, 11) is -2.29. The molecule has 0 unspecified atom stereocenters. The van der Waals surface area contributed by atoms with E-state index in [1.807, 2.05) is 0 Å². The molecule has 1 amide bonds. The van der Waals surface area contributed by atoms with Gasteiger partial charge in [-0.15, -0.1) is 0 Å². The summed E-state index contributed by atoms with van der Waals surface area (Å²) >= 11 is 0. The quantitative estimate of drug-likeness (QED) is 0.464. The molecule has 0 aliphatic heterocycles. The number of alkyl halides is 2. The molecule has 0 saturated heterocycles. The predicted molar refractivity (Wildman–Crippen MR) is 117 cm³/mol. The van der Waals surface area contributed by atoms with E-state index in [0.717, 1.165) is 0 Å². The van der Waals surface area contributed by atoms with E-state index in [1.54, 1.807) is 14.0 Å². The van der Waals surface area contributed by atoms with Gasteiger partial charge in [-0.1, -0.05) is 18.2 Å². The zero-order chi connectivity index (χ0) is 24.6. The topological polar surface area (TPSA) is 102 Å². The van der Waals surface area contributed by atoms with Gasteiger partial charge >= 0.3 is 6.61 Å². The number of nitrogens with one attached hydrogen (secondary N) is 1. The third kappa shape index (κ3) is 7.79. The van der Waals surface area contributed by atoms with E-state index in [4.69, 9.17) is 4.74 Å². The summed E-state index contributed by atoms with van der Waals surface area (Å²) in [5, 5.41) is 0. The molecule has 0 spiro atoms. The van der Waals surface area contributed by atoms with Crippen molar-refractivity contribution in [2.24, 2.45) is 0 Å². The summed E-state index contributed by atoms with van der Waals surface area (Å²) in [6.07, 6.45) is -0.0911. The Balaban J connectivity index is 1.93. The van der Waals surface area contributed by atoms with Crippen LogP contribution in [0.3, 0.4) is 0 Å². The van der Waals surface area contributed by atoms with E-state index in [0.29, 0.717) is 11.1 Å². The molecule has 2 aromatic carbocycles. The molecular weight excluding hydrogens is 458 g/mol. The summed E-state index contributed by atoms with van der Waals surface area (Å²) in [5.74, 6) is -0.462. The fourth-order valence-corrected chi connectivity index (χ4v) is 3.94. The number of sulfonamides is 1. The Morgan fingerprint density at radius 1 is 1.09 bits per heavy atom. The molecule has 0 radical (unpaired) electrons. The van der Waals surface area contributed by atoms with Crippen molar-refractivity contribution in [3.63, 3.8) is 0 Å². The van der Waals surface area contributed by atoms with Crippen molar-refractivity contribution >= 4 is 21.7 Å². The van der Waals surface area contributed by atoms with Crippen molar-refractivity contribution in [2.45, 2.75) is 38.3 Å². The molecule has 2 rings (SSSR count). The smallest absolute Gasteiger partial charge is 0.387 e. The maximum absolute atomic E-state index is 12.5. The van der Waals surface area contributed by atoms with Crippen LogP contribution in [0, 0.1) is 0 Å². The van der Waals surface area contributed by atoms with Gasteiger partial charge in [0, 0.05) is 32.1 Å². The second-order valence-electron chi connectivity index (χ2n) is 7.07. The van der Waals surface area contributed by atoms with Crippen LogP contribution in [0.4, 0.5) is 8.78 Å². The minimum Gasteiger partial charge on any atom is -0.490 e. The van der Waals surface area contributed by atoms with Gasteiger partial charge in [-0.2, -0.15) is 8.78 Å². The van der Waals surface area contributed by atoms with Crippen LogP contribution < -0.4 is 14.2 Å². The number of benzene rings is 2. The zero-order valence-electron chi connectivity index (χ0n) is 18.5. The third-order valence-electron chi connectivity index (χ3n) is 4.57. The van der Waals surface area contributed by atoms with E-state index in [1.165, 1.54) is 54.3 Å². The first-order valence-electron chi connectivity index (χ1n) is 10.1. The molecule has 11 heteroatoms. The second-order valence-corrected chi connectivity index (χ2v) is 8.84. The molecule has 0 aliphatic carbocycles. The van der Waals surface area contributed by atoms with Gasteiger partial charge in [-0.3, -0.25) is 9.59 Å². The molecule has 33 heavy (non-hydrogen) atoms. The first-order valence-corrected chi connectivity index (χ1v) is 11.6. The van der Waals surface area contributed by atoms with Crippen LogP contribution in [-0.4, -0.2) is 51.8 Å². The number of Topliss-reactive ketones (excluding diaryl/α,β-unsaturated/α-hetero) is 1. The number of nitrogens with zero attached hydrogens (tertiary/aromatic N) is 1.